The summed E-state index contributed by atoms with van der Waals surface area (Å²) < 4.78 is 0. The van der Waals surface area contributed by atoms with E-state index in [1.807, 2.05) is 31.2 Å². The van der Waals surface area contributed by atoms with Crippen molar-refractivity contribution in [2.75, 3.05) is 18.4 Å². The van der Waals surface area contributed by atoms with Crippen LogP contribution in [0.15, 0.2) is 24.3 Å². The normalized spacial score (nSPS) is 16.2. The van der Waals surface area contributed by atoms with E-state index < -0.39 is 0 Å². The summed E-state index contributed by atoms with van der Waals surface area (Å²) in [6, 6.07) is 8.07. The lowest BCUT2D eigenvalue weighted by atomic mass is 9.96. The Morgan fingerprint density at radius 1 is 1.31 bits per heavy atom. The largest absolute Gasteiger partial charge is 0.341 e. The van der Waals surface area contributed by atoms with Gasteiger partial charge in [-0.2, -0.15) is 0 Å². The number of imidazole rings is 1. The molecule has 0 saturated carbocycles. The van der Waals surface area contributed by atoms with E-state index in [1.54, 1.807) is 0 Å². The van der Waals surface area contributed by atoms with Gasteiger partial charge in [0.15, 0.2) is 0 Å². The van der Waals surface area contributed by atoms with E-state index in [0.29, 0.717) is 5.13 Å². The Hall–Kier alpha value is -2.32. The highest BCUT2D eigenvalue weighted by Crippen LogP contribution is 2.22. The molecule has 3 heterocycles. The second-order valence-electron chi connectivity index (χ2n) is 6.59. The molecule has 1 saturated heterocycles. The summed E-state index contributed by atoms with van der Waals surface area (Å²) in [7, 11) is 0. The molecular weight excluding hydrogens is 348 g/mol. The Morgan fingerprint density at radius 2 is 2.12 bits per heavy atom. The van der Waals surface area contributed by atoms with Gasteiger partial charge in [-0.05, 0) is 44.5 Å². The molecule has 1 aromatic carbocycles. The lowest BCUT2D eigenvalue weighted by Crippen LogP contribution is -2.38. The first-order chi connectivity index (χ1) is 12.7. The number of fused-ring (bicyclic) bond motifs is 1. The molecule has 0 radical (unpaired) electrons. The summed E-state index contributed by atoms with van der Waals surface area (Å²) in [5.74, 6) is 1.08. The van der Waals surface area contributed by atoms with Gasteiger partial charge in [-0.1, -0.05) is 30.4 Å². The van der Waals surface area contributed by atoms with Crippen LogP contribution in [0.5, 0.6) is 0 Å². The van der Waals surface area contributed by atoms with Crippen LogP contribution in [0, 0.1) is 5.92 Å². The molecule has 0 aliphatic carbocycles. The van der Waals surface area contributed by atoms with Gasteiger partial charge in [0.25, 0.3) is 0 Å². The maximum atomic E-state index is 12.4. The number of aromatic nitrogens is 4. The van der Waals surface area contributed by atoms with Gasteiger partial charge in [-0.15, -0.1) is 10.2 Å². The maximum Gasteiger partial charge on any atom is 0.229 e. The van der Waals surface area contributed by atoms with Crippen LogP contribution in [0.1, 0.15) is 30.6 Å². The predicted octanol–water partition coefficient (Wildman–Crippen LogP) is 2.83. The second-order valence-corrected chi connectivity index (χ2v) is 7.66. The summed E-state index contributed by atoms with van der Waals surface area (Å²) in [6.07, 6.45) is 2.55. The van der Waals surface area contributed by atoms with Crippen LogP contribution in [-0.2, 0) is 17.8 Å². The number of carbonyl (C=O) groups is 1. The van der Waals surface area contributed by atoms with E-state index in [-0.39, 0.29) is 11.8 Å². The molecule has 8 heteroatoms. The van der Waals surface area contributed by atoms with Gasteiger partial charge in [0.1, 0.15) is 10.8 Å². The number of hydrogen-bond donors (Lipinski definition) is 2. The zero-order chi connectivity index (χ0) is 17.9. The number of carbonyl (C=O) groups excluding carboxylic acids is 1. The quantitative estimate of drug-likeness (QED) is 0.721. The predicted molar refractivity (Wildman–Crippen MR) is 102 cm³/mol. The van der Waals surface area contributed by atoms with Crippen molar-refractivity contribution in [2.24, 2.45) is 5.92 Å². The monoisotopic (exact) mass is 370 g/mol. The number of nitrogens with zero attached hydrogens (tertiary/aromatic N) is 4. The van der Waals surface area contributed by atoms with Gasteiger partial charge in [0, 0.05) is 5.92 Å². The van der Waals surface area contributed by atoms with Crippen molar-refractivity contribution in [3.8, 4) is 0 Å². The van der Waals surface area contributed by atoms with Gasteiger partial charge in [0.2, 0.25) is 11.0 Å². The van der Waals surface area contributed by atoms with Crippen molar-refractivity contribution in [1.29, 1.82) is 0 Å². The van der Waals surface area contributed by atoms with E-state index in [2.05, 4.69) is 30.4 Å². The minimum atomic E-state index is 0.0379. The van der Waals surface area contributed by atoms with Crippen LogP contribution in [0.2, 0.25) is 0 Å². The molecule has 136 valence electrons. The highest BCUT2D eigenvalue weighted by molar-refractivity contribution is 7.15. The Kier molecular flexibility index (Phi) is 4.94. The Balaban J connectivity index is 1.29. The summed E-state index contributed by atoms with van der Waals surface area (Å²) in [4.78, 5) is 22.8. The fraction of sp³-hybridized carbons (Fsp3) is 0.444. The number of benzene rings is 1. The first-order valence-corrected chi connectivity index (χ1v) is 9.82. The number of anilines is 1. The van der Waals surface area contributed by atoms with Gasteiger partial charge in [-0.25, -0.2) is 4.98 Å². The molecule has 0 bridgehead atoms. The standard InChI is InChI=1S/C18H22N6OS/c1-2-16-22-23-18(26-16)21-17(25)12-7-9-24(10-8-12)11-15-19-13-5-3-4-6-14(13)20-15/h3-6,12H,2,7-11H2,1H3,(H,19,20)(H,21,23,25). The summed E-state index contributed by atoms with van der Waals surface area (Å²) >= 11 is 1.45. The van der Waals surface area contributed by atoms with Crippen LogP contribution in [-0.4, -0.2) is 44.1 Å². The molecule has 26 heavy (non-hydrogen) atoms. The molecular formula is C18H22N6OS. The summed E-state index contributed by atoms with van der Waals surface area (Å²) in [5.41, 5.74) is 2.07. The topological polar surface area (TPSA) is 86.8 Å². The number of nitrogens with one attached hydrogen (secondary N) is 2. The van der Waals surface area contributed by atoms with Crippen LogP contribution in [0.4, 0.5) is 5.13 Å². The fourth-order valence-electron chi connectivity index (χ4n) is 3.30. The van der Waals surface area contributed by atoms with Crippen molar-refractivity contribution in [3.63, 3.8) is 0 Å². The molecule has 1 amide bonds. The molecule has 1 aliphatic heterocycles. The molecule has 1 fully saturated rings. The lowest BCUT2D eigenvalue weighted by molar-refractivity contribution is -0.121. The number of H-pyrrole nitrogens is 1. The minimum absolute atomic E-state index is 0.0379. The maximum absolute atomic E-state index is 12.4. The number of para-hydroxylation sites is 2. The second kappa shape index (κ2) is 7.51. The van der Waals surface area contributed by atoms with E-state index in [4.69, 9.17) is 0 Å². The zero-order valence-corrected chi connectivity index (χ0v) is 15.6. The Morgan fingerprint density at radius 3 is 2.85 bits per heavy atom. The molecule has 2 N–H and O–H groups in total. The lowest BCUT2D eigenvalue weighted by Gasteiger charge is -2.30. The Labute approximate surface area is 155 Å². The average Bonchev–Trinajstić information content (AvgIpc) is 3.28. The fourth-order valence-corrected chi connectivity index (χ4v) is 3.98. The number of aryl methyl sites for hydroxylation is 1. The van der Waals surface area contributed by atoms with Crippen molar-refractivity contribution in [3.05, 3.63) is 35.1 Å². The van der Waals surface area contributed by atoms with Crippen molar-refractivity contribution in [2.45, 2.75) is 32.7 Å². The molecule has 0 atom stereocenters. The van der Waals surface area contributed by atoms with Crippen LogP contribution in [0.25, 0.3) is 11.0 Å². The highest BCUT2D eigenvalue weighted by Gasteiger charge is 2.26. The minimum Gasteiger partial charge on any atom is -0.341 e. The number of hydrogen-bond acceptors (Lipinski definition) is 6. The van der Waals surface area contributed by atoms with E-state index in [1.165, 1.54) is 11.3 Å². The first kappa shape index (κ1) is 17.1. The number of aromatic amines is 1. The number of likely N-dealkylation sites (tertiary alicyclic amines) is 1. The van der Waals surface area contributed by atoms with E-state index in [9.17, 15) is 4.79 Å². The van der Waals surface area contributed by atoms with Gasteiger partial charge >= 0.3 is 0 Å². The molecule has 0 spiro atoms. The Bertz CT molecular complexity index is 863. The van der Waals surface area contributed by atoms with E-state index >= 15 is 0 Å². The smallest absolute Gasteiger partial charge is 0.229 e. The molecule has 3 aromatic rings. The van der Waals surface area contributed by atoms with Crippen molar-refractivity contribution < 1.29 is 4.79 Å². The number of rotatable bonds is 5. The highest BCUT2D eigenvalue weighted by atomic mass is 32.1. The molecule has 7 nitrogen and oxygen atoms in total. The number of piperidine rings is 1. The van der Waals surface area contributed by atoms with Gasteiger partial charge in [-0.3, -0.25) is 9.69 Å². The number of amides is 1. The average molecular weight is 370 g/mol. The molecule has 4 rings (SSSR count). The zero-order valence-electron chi connectivity index (χ0n) is 14.7. The van der Waals surface area contributed by atoms with E-state index in [0.717, 1.165) is 60.8 Å². The first-order valence-electron chi connectivity index (χ1n) is 9.00. The van der Waals surface area contributed by atoms with Gasteiger partial charge < -0.3 is 10.3 Å². The third kappa shape index (κ3) is 3.76. The third-order valence-corrected chi connectivity index (χ3v) is 5.75. The van der Waals surface area contributed by atoms with Gasteiger partial charge in [0.05, 0.1) is 17.6 Å². The van der Waals surface area contributed by atoms with Crippen molar-refractivity contribution in [1.82, 2.24) is 25.1 Å². The molecule has 1 aliphatic rings. The van der Waals surface area contributed by atoms with Crippen LogP contribution in [0.3, 0.4) is 0 Å². The van der Waals surface area contributed by atoms with Crippen LogP contribution >= 0.6 is 11.3 Å². The molecule has 2 aromatic heterocycles. The SMILES string of the molecule is CCc1nnc(NC(=O)C2CCN(Cc3nc4ccccc4[nH]3)CC2)s1. The van der Waals surface area contributed by atoms with Crippen molar-refractivity contribution >= 4 is 33.4 Å². The molecule has 0 unspecified atom stereocenters. The third-order valence-electron chi connectivity index (χ3n) is 4.77. The summed E-state index contributed by atoms with van der Waals surface area (Å²) in [5, 5.41) is 12.5. The summed E-state index contributed by atoms with van der Waals surface area (Å²) in [6.45, 7) is 4.61. The van der Waals surface area contributed by atoms with Crippen LogP contribution < -0.4 is 5.32 Å².